The fourth-order valence-corrected chi connectivity index (χ4v) is 1.95. The van der Waals surface area contributed by atoms with E-state index in [1.54, 1.807) is 0 Å². The van der Waals surface area contributed by atoms with E-state index in [-0.39, 0.29) is 0 Å². The summed E-state index contributed by atoms with van der Waals surface area (Å²) in [5.74, 6) is 0. The van der Waals surface area contributed by atoms with E-state index in [1.165, 1.54) is 7.14 Å². The summed E-state index contributed by atoms with van der Waals surface area (Å²) in [7, 11) is 0. The number of hydrogen-bond acceptors (Lipinski definition) is 0. The zero-order chi connectivity index (χ0) is 10.7. The molecule has 2 radical (unpaired) electrons. The van der Waals surface area contributed by atoms with Crippen molar-refractivity contribution in [2.24, 2.45) is 0 Å². The number of hydrogen-bond donors (Lipinski definition) is 0. The molecule has 0 heterocycles. The minimum atomic E-state index is 1.12. The highest BCUT2D eigenvalue weighted by atomic mass is 127. The molecule has 0 unspecified atom stereocenters. The van der Waals surface area contributed by atoms with Crippen molar-refractivity contribution in [2.75, 3.05) is 0 Å². The lowest BCUT2D eigenvalue weighted by atomic mass is 10.1. The van der Waals surface area contributed by atoms with Gasteiger partial charge in [-0.1, -0.05) is 24.3 Å². The first-order valence-electron chi connectivity index (χ1n) is 4.52. The van der Waals surface area contributed by atoms with Gasteiger partial charge in [-0.3, -0.25) is 0 Å². The third-order valence-corrected chi connectivity index (χ3v) is 3.42. The van der Waals surface area contributed by atoms with Crippen LogP contribution in [0.3, 0.4) is 0 Å². The summed E-state index contributed by atoms with van der Waals surface area (Å²) in [5.41, 5.74) is 2.24. The van der Waals surface area contributed by atoms with Gasteiger partial charge in [0.2, 0.25) is 0 Å². The van der Waals surface area contributed by atoms with Crippen LogP contribution in [0.2, 0.25) is 0 Å². The monoisotopic (exact) mass is 418 g/mol. The summed E-state index contributed by atoms with van der Waals surface area (Å²) < 4.78 is 2.50. The highest BCUT2D eigenvalue weighted by Gasteiger charge is 1.97. The van der Waals surface area contributed by atoms with Crippen molar-refractivity contribution in [1.82, 2.24) is 0 Å². The predicted octanol–water partition coefficient (Wildman–Crippen LogP) is 4.37. The fraction of sp³-hybridized carbons (Fsp3) is 0. The Hall–Kier alpha value is -0.100. The summed E-state index contributed by atoms with van der Waals surface area (Å²) in [6.07, 6.45) is 3.35. The summed E-state index contributed by atoms with van der Waals surface area (Å²) in [6.45, 7) is 0. The van der Waals surface area contributed by atoms with Crippen molar-refractivity contribution in [3.63, 3.8) is 0 Å². The van der Waals surface area contributed by atoms with Gasteiger partial charge in [0.1, 0.15) is 0 Å². The molecule has 0 aliphatic heterocycles. The summed E-state index contributed by atoms with van der Waals surface area (Å²) in [5, 5.41) is 0. The third-order valence-electron chi connectivity index (χ3n) is 1.98. The Morgan fingerprint density at radius 1 is 0.600 bits per heavy atom. The first-order valence-corrected chi connectivity index (χ1v) is 6.68. The second kappa shape index (κ2) is 5.30. The Morgan fingerprint density at radius 2 is 0.933 bits per heavy atom. The van der Waals surface area contributed by atoms with E-state index in [0.29, 0.717) is 0 Å². The standard InChI is InChI=1S/C13H8I2/c14-12-5-1-10(2-6-12)9-11-3-7-13(15)8-4-11/h1-8H. The van der Waals surface area contributed by atoms with Gasteiger partial charge in [0.25, 0.3) is 0 Å². The lowest BCUT2D eigenvalue weighted by molar-refractivity contribution is 1.42. The van der Waals surface area contributed by atoms with Gasteiger partial charge in [0, 0.05) is 7.14 Å². The number of halogens is 2. The molecule has 74 valence electrons. The molecule has 0 aliphatic rings. The highest BCUT2D eigenvalue weighted by molar-refractivity contribution is 14.1. The first-order chi connectivity index (χ1) is 7.24. The molecule has 0 aromatic heterocycles. The van der Waals surface area contributed by atoms with Gasteiger partial charge in [-0.15, -0.1) is 0 Å². The van der Waals surface area contributed by atoms with Gasteiger partial charge < -0.3 is 0 Å². The molecule has 0 saturated carbocycles. The Morgan fingerprint density at radius 3 is 1.27 bits per heavy atom. The van der Waals surface area contributed by atoms with E-state index in [9.17, 15) is 0 Å². The van der Waals surface area contributed by atoms with Crippen LogP contribution in [0.25, 0.3) is 0 Å². The van der Waals surface area contributed by atoms with E-state index < -0.39 is 0 Å². The molecule has 0 spiro atoms. The third kappa shape index (κ3) is 3.45. The Kier molecular flexibility index (Phi) is 4.02. The van der Waals surface area contributed by atoms with E-state index in [1.807, 2.05) is 0 Å². The van der Waals surface area contributed by atoms with Crippen molar-refractivity contribution in [3.8, 4) is 0 Å². The van der Waals surface area contributed by atoms with Gasteiger partial charge in [-0.2, -0.15) is 0 Å². The van der Waals surface area contributed by atoms with Crippen molar-refractivity contribution >= 4 is 45.2 Å². The lowest BCUT2D eigenvalue weighted by Gasteiger charge is -2.01. The molecule has 0 aliphatic carbocycles. The van der Waals surface area contributed by atoms with Crippen LogP contribution < -0.4 is 0 Å². The average Bonchev–Trinajstić information content (AvgIpc) is 2.25. The summed E-state index contributed by atoms with van der Waals surface area (Å²) >= 11 is 4.61. The van der Waals surface area contributed by atoms with Crippen LogP contribution in [0.15, 0.2) is 48.5 Å². The molecule has 15 heavy (non-hydrogen) atoms. The van der Waals surface area contributed by atoms with Gasteiger partial charge in [0.05, 0.1) is 6.42 Å². The normalized spacial score (nSPS) is 10.3. The largest absolute Gasteiger partial charge is 0.0570 e. The fourth-order valence-electron chi connectivity index (χ4n) is 1.23. The Balaban J connectivity index is 2.15. The molecular weight excluding hydrogens is 410 g/mol. The molecule has 0 amide bonds. The molecule has 2 heteroatoms. The zero-order valence-electron chi connectivity index (χ0n) is 7.87. The number of benzene rings is 2. The molecule has 2 aromatic carbocycles. The lowest BCUT2D eigenvalue weighted by Crippen LogP contribution is -1.85. The van der Waals surface area contributed by atoms with Gasteiger partial charge in [0.15, 0.2) is 0 Å². The molecule has 2 rings (SSSR count). The van der Waals surface area contributed by atoms with E-state index in [4.69, 9.17) is 0 Å². The SMILES string of the molecule is Ic1ccc([C]c2ccc(I)cc2)cc1. The molecule has 0 nitrogen and oxygen atoms in total. The van der Waals surface area contributed by atoms with E-state index >= 15 is 0 Å². The molecule has 0 bridgehead atoms. The smallest absolute Gasteiger partial charge is 0.0501 e. The second-order valence-electron chi connectivity index (χ2n) is 3.14. The quantitative estimate of drug-likeness (QED) is 0.636. The van der Waals surface area contributed by atoms with Gasteiger partial charge in [-0.05, 0) is 80.6 Å². The molecule has 0 N–H and O–H groups in total. The maximum atomic E-state index is 3.35. The predicted molar refractivity (Wildman–Crippen MR) is 79.8 cm³/mol. The van der Waals surface area contributed by atoms with Crippen LogP contribution in [0.1, 0.15) is 11.1 Å². The zero-order valence-corrected chi connectivity index (χ0v) is 12.2. The van der Waals surface area contributed by atoms with Crippen molar-refractivity contribution in [1.29, 1.82) is 0 Å². The molecule has 0 fully saturated rings. The molecule has 0 atom stereocenters. The van der Waals surface area contributed by atoms with Crippen LogP contribution in [0, 0.1) is 13.6 Å². The topological polar surface area (TPSA) is 0 Å². The summed E-state index contributed by atoms with van der Waals surface area (Å²) in [4.78, 5) is 0. The maximum Gasteiger partial charge on any atom is 0.0501 e. The number of rotatable bonds is 2. The van der Waals surface area contributed by atoms with Gasteiger partial charge >= 0.3 is 0 Å². The van der Waals surface area contributed by atoms with Crippen molar-refractivity contribution in [2.45, 2.75) is 0 Å². The Bertz CT molecular complexity index is 386. The highest BCUT2D eigenvalue weighted by Crippen LogP contribution is 2.15. The van der Waals surface area contributed by atoms with E-state index in [0.717, 1.165) is 11.1 Å². The maximum absolute atomic E-state index is 3.35. The van der Waals surface area contributed by atoms with Crippen LogP contribution in [-0.2, 0) is 0 Å². The van der Waals surface area contributed by atoms with Crippen LogP contribution in [0.5, 0.6) is 0 Å². The van der Waals surface area contributed by atoms with Gasteiger partial charge in [-0.25, -0.2) is 0 Å². The Labute approximate surface area is 117 Å². The van der Waals surface area contributed by atoms with Crippen LogP contribution >= 0.6 is 45.2 Å². The molecule has 0 saturated heterocycles. The summed E-state index contributed by atoms with van der Waals surface area (Å²) in [6, 6.07) is 16.7. The first kappa shape index (κ1) is 11.4. The molecular formula is C13H8I2. The molecule has 2 aromatic rings. The van der Waals surface area contributed by atoms with Crippen LogP contribution in [0.4, 0.5) is 0 Å². The van der Waals surface area contributed by atoms with Crippen LogP contribution in [-0.4, -0.2) is 0 Å². The average molecular weight is 418 g/mol. The van der Waals surface area contributed by atoms with Crippen molar-refractivity contribution in [3.05, 3.63) is 73.2 Å². The minimum absolute atomic E-state index is 1.12. The van der Waals surface area contributed by atoms with Crippen molar-refractivity contribution < 1.29 is 0 Å². The van der Waals surface area contributed by atoms with E-state index in [2.05, 4.69) is 100 Å². The second-order valence-corrected chi connectivity index (χ2v) is 5.63. The minimum Gasteiger partial charge on any atom is -0.0570 e.